The van der Waals surface area contributed by atoms with E-state index in [4.69, 9.17) is 0 Å². The fourth-order valence-corrected chi connectivity index (χ4v) is 3.76. The average Bonchev–Trinajstić information content (AvgIpc) is 3.38. The molecule has 3 aromatic rings. The minimum atomic E-state index is -0.255. The van der Waals surface area contributed by atoms with Crippen LogP contribution >= 0.6 is 0 Å². The molecule has 11 heteroatoms. The molecule has 0 bridgehead atoms. The second-order valence-electron chi connectivity index (χ2n) is 7.06. The van der Waals surface area contributed by atoms with Crippen LogP contribution in [0.4, 0.5) is 0 Å². The molecule has 0 aliphatic carbocycles. The number of nitrogens with one attached hydrogen (secondary N) is 2. The topological polar surface area (TPSA) is 129 Å². The number of nitrogens with zero attached hydrogens (tertiary/aromatic N) is 6. The molecular weight excluding hydrogens is 376 g/mol. The summed E-state index contributed by atoms with van der Waals surface area (Å²) in [6.07, 6.45) is 3.66. The highest BCUT2D eigenvalue weighted by atomic mass is 16.2. The maximum absolute atomic E-state index is 12.9. The van der Waals surface area contributed by atoms with E-state index >= 15 is 0 Å². The first-order chi connectivity index (χ1) is 14.1. The summed E-state index contributed by atoms with van der Waals surface area (Å²) in [6.45, 7) is 1.75. The molecule has 2 aliphatic rings. The predicted molar refractivity (Wildman–Crippen MR) is 98.9 cm³/mol. The second-order valence-corrected chi connectivity index (χ2v) is 7.06. The Morgan fingerprint density at radius 3 is 2.83 bits per heavy atom. The Morgan fingerprint density at radius 1 is 1.10 bits per heavy atom. The lowest BCUT2D eigenvalue weighted by molar-refractivity contribution is -0.123. The van der Waals surface area contributed by atoms with E-state index < -0.39 is 0 Å². The van der Waals surface area contributed by atoms with Crippen molar-refractivity contribution >= 4 is 23.4 Å². The van der Waals surface area contributed by atoms with Gasteiger partial charge in [-0.05, 0) is 18.6 Å². The number of aromatic nitrogens is 5. The molecule has 0 saturated carbocycles. The lowest BCUT2D eigenvalue weighted by atomic mass is 10.0. The van der Waals surface area contributed by atoms with Crippen molar-refractivity contribution in [2.24, 2.45) is 0 Å². The molecule has 1 fully saturated rings. The summed E-state index contributed by atoms with van der Waals surface area (Å²) in [5.74, 6) is -0.541. The zero-order chi connectivity index (χ0) is 20.0. The fraction of sp³-hybridized carbons (Fsp3) is 0.333. The van der Waals surface area contributed by atoms with E-state index in [9.17, 15) is 14.4 Å². The van der Waals surface area contributed by atoms with Gasteiger partial charge in [0.05, 0.1) is 18.8 Å². The summed E-state index contributed by atoms with van der Waals surface area (Å²) in [6, 6.07) is 3.41. The average molecular weight is 394 g/mol. The highest BCUT2D eigenvalue weighted by molar-refractivity contribution is 5.97. The van der Waals surface area contributed by atoms with Gasteiger partial charge in [0.2, 0.25) is 5.91 Å². The number of H-pyrrole nitrogens is 1. The number of hydrogen-bond acceptors (Lipinski definition) is 6. The largest absolute Gasteiger partial charge is 0.353 e. The molecule has 0 radical (unpaired) electrons. The minimum absolute atomic E-state index is 0.0379. The van der Waals surface area contributed by atoms with Gasteiger partial charge in [0.15, 0.2) is 11.3 Å². The normalized spacial score (nSPS) is 16.6. The molecule has 3 amide bonds. The Labute approximate surface area is 164 Å². The molecule has 0 unspecified atom stereocenters. The lowest BCUT2D eigenvalue weighted by Gasteiger charge is -2.28. The van der Waals surface area contributed by atoms with Crippen LogP contribution in [0.3, 0.4) is 0 Å². The van der Waals surface area contributed by atoms with Gasteiger partial charge in [-0.2, -0.15) is 10.2 Å². The van der Waals surface area contributed by atoms with Crippen LogP contribution in [0.5, 0.6) is 0 Å². The first-order valence-electron chi connectivity index (χ1n) is 9.31. The van der Waals surface area contributed by atoms with E-state index in [0.29, 0.717) is 49.5 Å². The smallest absolute Gasteiger partial charge is 0.275 e. The summed E-state index contributed by atoms with van der Waals surface area (Å²) in [7, 11) is 0. The van der Waals surface area contributed by atoms with E-state index in [0.717, 1.165) is 11.3 Å². The third-order valence-corrected chi connectivity index (χ3v) is 5.28. The number of piperazine rings is 1. The summed E-state index contributed by atoms with van der Waals surface area (Å²) in [5, 5.41) is 13.8. The summed E-state index contributed by atoms with van der Waals surface area (Å²) >= 11 is 0. The van der Waals surface area contributed by atoms with Crippen LogP contribution in [-0.4, -0.2) is 78.5 Å². The number of fused-ring (bicyclic) bond motifs is 2. The van der Waals surface area contributed by atoms with Gasteiger partial charge in [-0.15, -0.1) is 0 Å². The van der Waals surface area contributed by atoms with Crippen LogP contribution in [0, 0.1) is 0 Å². The Balaban J connectivity index is 1.34. The van der Waals surface area contributed by atoms with Crippen molar-refractivity contribution in [1.29, 1.82) is 0 Å². The van der Waals surface area contributed by atoms with Crippen LogP contribution in [0.1, 0.15) is 32.1 Å². The number of aromatic amines is 1. The molecule has 5 heterocycles. The Bertz CT molecular complexity index is 1130. The zero-order valence-corrected chi connectivity index (χ0v) is 15.5. The molecule has 0 spiro atoms. The van der Waals surface area contributed by atoms with Crippen LogP contribution < -0.4 is 5.32 Å². The number of carbonyl (C=O) groups is 3. The number of rotatable bonds is 2. The second kappa shape index (κ2) is 6.69. The quantitative estimate of drug-likeness (QED) is 0.587. The molecule has 2 aliphatic heterocycles. The Kier molecular flexibility index (Phi) is 4.00. The van der Waals surface area contributed by atoms with Crippen molar-refractivity contribution in [3.05, 3.63) is 47.2 Å². The van der Waals surface area contributed by atoms with Gasteiger partial charge in [0.25, 0.3) is 11.8 Å². The highest BCUT2D eigenvalue weighted by Gasteiger charge is 2.31. The molecule has 2 N–H and O–H groups in total. The van der Waals surface area contributed by atoms with Crippen molar-refractivity contribution < 1.29 is 14.4 Å². The maximum Gasteiger partial charge on any atom is 0.275 e. The zero-order valence-electron chi connectivity index (χ0n) is 15.5. The van der Waals surface area contributed by atoms with Gasteiger partial charge in [-0.3, -0.25) is 19.5 Å². The first kappa shape index (κ1) is 17.3. The van der Waals surface area contributed by atoms with E-state index in [1.54, 1.807) is 27.7 Å². The van der Waals surface area contributed by atoms with Crippen molar-refractivity contribution in [2.75, 3.05) is 26.2 Å². The molecule has 1 saturated heterocycles. The number of pyridine rings is 1. The standard InChI is InChI=1S/C18H18N8O3/c27-15-9-25(6-3-19-15)18(29)16-12-2-4-24(8-13(12)22-23-16)17(28)11-1-5-26-14(7-11)20-10-21-26/h1,5,7,10H,2-4,6,8-9H2,(H,19,27)(H,22,23). The van der Waals surface area contributed by atoms with Crippen LogP contribution in [0.25, 0.3) is 5.65 Å². The third kappa shape index (κ3) is 3.00. The molecule has 0 aromatic carbocycles. The summed E-state index contributed by atoms with van der Waals surface area (Å²) in [5.41, 5.74) is 3.04. The first-order valence-corrected chi connectivity index (χ1v) is 9.31. The van der Waals surface area contributed by atoms with E-state index in [1.165, 1.54) is 11.2 Å². The molecule has 5 rings (SSSR count). The third-order valence-electron chi connectivity index (χ3n) is 5.28. The van der Waals surface area contributed by atoms with Crippen molar-refractivity contribution in [2.45, 2.75) is 13.0 Å². The van der Waals surface area contributed by atoms with E-state index in [-0.39, 0.29) is 24.3 Å². The highest BCUT2D eigenvalue weighted by Crippen LogP contribution is 2.23. The fourth-order valence-electron chi connectivity index (χ4n) is 3.76. The summed E-state index contributed by atoms with van der Waals surface area (Å²) < 4.78 is 1.60. The van der Waals surface area contributed by atoms with Crippen LogP contribution in [0.15, 0.2) is 24.7 Å². The van der Waals surface area contributed by atoms with Crippen molar-refractivity contribution in [1.82, 2.24) is 39.9 Å². The number of amides is 3. The van der Waals surface area contributed by atoms with Gasteiger partial charge in [0, 0.05) is 37.0 Å². The lowest BCUT2D eigenvalue weighted by Crippen LogP contribution is -2.50. The van der Waals surface area contributed by atoms with E-state index in [1.807, 2.05) is 0 Å². The van der Waals surface area contributed by atoms with E-state index in [2.05, 4.69) is 25.6 Å². The van der Waals surface area contributed by atoms with Gasteiger partial charge in [-0.25, -0.2) is 9.50 Å². The molecule has 3 aromatic heterocycles. The monoisotopic (exact) mass is 394 g/mol. The van der Waals surface area contributed by atoms with Crippen LogP contribution in [-0.2, 0) is 17.8 Å². The SMILES string of the molecule is O=C1CN(C(=O)c2n[nH]c3c2CCN(C(=O)c2ccn4ncnc4c2)C3)CCN1. The van der Waals surface area contributed by atoms with Crippen molar-refractivity contribution in [3.63, 3.8) is 0 Å². The van der Waals surface area contributed by atoms with Crippen molar-refractivity contribution in [3.8, 4) is 0 Å². The molecule has 29 heavy (non-hydrogen) atoms. The molecular formula is C18H18N8O3. The minimum Gasteiger partial charge on any atom is -0.353 e. The van der Waals surface area contributed by atoms with Crippen LogP contribution in [0.2, 0.25) is 0 Å². The number of hydrogen-bond donors (Lipinski definition) is 2. The van der Waals surface area contributed by atoms with Gasteiger partial charge in [-0.1, -0.05) is 0 Å². The van der Waals surface area contributed by atoms with Gasteiger partial charge < -0.3 is 15.1 Å². The Hall–Kier alpha value is -3.76. The molecule has 148 valence electrons. The Morgan fingerprint density at radius 2 is 1.97 bits per heavy atom. The van der Waals surface area contributed by atoms with Gasteiger partial charge >= 0.3 is 0 Å². The summed E-state index contributed by atoms with van der Waals surface area (Å²) in [4.78, 5) is 44.6. The van der Waals surface area contributed by atoms with Gasteiger partial charge in [0.1, 0.15) is 6.33 Å². The molecule has 11 nitrogen and oxygen atoms in total. The predicted octanol–water partition coefficient (Wildman–Crippen LogP) is -0.777. The number of carbonyl (C=O) groups excluding carboxylic acids is 3. The molecule has 0 atom stereocenters. The maximum atomic E-state index is 12.9.